The third-order valence-corrected chi connectivity index (χ3v) is 3.62. The first kappa shape index (κ1) is 14.0. The number of rotatable bonds is 4. The van der Waals surface area contributed by atoms with Crippen LogP contribution in [0.3, 0.4) is 0 Å². The van der Waals surface area contributed by atoms with E-state index in [9.17, 15) is 4.79 Å². The highest BCUT2D eigenvalue weighted by Gasteiger charge is 2.27. The van der Waals surface area contributed by atoms with Crippen LogP contribution in [0.2, 0.25) is 0 Å². The van der Waals surface area contributed by atoms with Crippen LogP contribution in [0.4, 0.5) is 0 Å². The molecular weight excluding hydrogens is 242 g/mol. The second-order valence-electron chi connectivity index (χ2n) is 5.08. The first-order chi connectivity index (χ1) is 9.19. The van der Waals surface area contributed by atoms with Crippen molar-refractivity contribution in [1.29, 1.82) is 0 Å². The number of methoxy groups -OCH3 is 1. The normalized spacial score (nSPS) is 23.1. The number of aryl methyl sites for hydroxylation is 1. The maximum absolute atomic E-state index is 11.4. The van der Waals surface area contributed by atoms with Gasteiger partial charge in [0, 0.05) is 5.69 Å². The zero-order valence-corrected chi connectivity index (χ0v) is 11.6. The number of esters is 1. The number of pyridine rings is 1. The summed E-state index contributed by atoms with van der Waals surface area (Å²) in [4.78, 5) is 15.8. The summed E-state index contributed by atoms with van der Waals surface area (Å²) in [6.07, 6.45) is 3.80. The number of nitrogens with zero attached hydrogens (tertiary/aromatic N) is 1. The Morgan fingerprint density at radius 2 is 2.05 bits per heavy atom. The van der Waals surface area contributed by atoms with Crippen LogP contribution >= 0.6 is 0 Å². The lowest BCUT2D eigenvalue weighted by Gasteiger charge is -2.26. The van der Waals surface area contributed by atoms with E-state index in [2.05, 4.69) is 4.98 Å². The van der Waals surface area contributed by atoms with Crippen molar-refractivity contribution < 1.29 is 14.3 Å². The molecule has 1 aliphatic rings. The summed E-state index contributed by atoms with van der Waals surface area (Å²) in [7, 11) is 1.45. The van der Waals surface area contributed by atoms with E-state index in [1.807, 2.05) is 25.1 Å². The van der Waals surface area contributed by atoms with Gasteiger partial charge in [0.05, 0.1) is 31.4 Å². The van der Waals surface area contributed by atoms with Crippen LogP contribution in [0.15, 0.2) is 18.2 Å². The molecule has 2 rings (SSSR count). The Labute approximate surface area is 114 Å². The smallest absolute Gasteiger partial charge is 0.308 e. The molecule has 1 aliphatic carbocycles. The molecule has 0 amide bonds. The first-order valence-electron chi connectivity index (χ1n) is 6.81. The first-order valence-corrected chi connectivity index (χ1v) is 6.81. The van der Waals surface area contributed by atoms with Gasteiger partial charge in [-0.3, -0.25) is 9.78 Å². The van der Waals surface area contributed by atoms with Gasteiger partial charge < -0.3 is 9.47 Å². The summed E-state index contributed by atoms with van der Waals surface area (Å²) >= 11 is 0. The zero-order chi connectivity index (χ0) is 13.7. The molecular formula is C15H21NO3. The van der Waals surface area contributed by atoms with E-state index < -0.39 is 0 Å². The fourth-order valence-electron chi connectivity index (χ4n) is 2.51. The molecule has 0 radical (unpaired) electrons. The van der Waals surface area contributed by atoms with Gasteiger partial charge in [0.25, 0.3) is 0 Å². The third-order valence-electron chi connectivity index (χ3n) is 3.62. The Balaban J connectivity index is 1.75. The van der Waals surface area contributed by atoms with Crippen LogP contribution in [0.25, 0.3) is 0 Å². The molecule has 1 saturated carbocycles. The fraction of sp³-hybridized carbons (Fsp3) is 0.600. The minimum absolute atomic E-state index is 0.0574. The van der Waals surface area contributed by atoms with E-state index in [4.69, 9.17) is 9.47 Å². The molecule has 0 N–H and O–H groups in total. The molecule has 1 aromatic rings. The average Bonchev–Trinajstić information content (AvgIpc) is 2.45. The van der Waals surface area contributed by atoms with Gasteiger partial charge in [-0.25, -0.2) is 0 Å². The monoisotopic (exact) mass is 263 g/mol. The van der Waals surface area contributed by atoms with Crippen molar-refractivity contribution in [2.75, 3.05) is 7.11 Å². The van der Waals surface area contributed by atoms with Crippen LogP contribution in [0.1, 0.15) is 37.1 Å². The van der Waals surface area contributed by atoms with Crippen molar-refractivity contribution >= 4 is 5.97 Å². The van der Waals surface area contributed by atoms with Gasteiger partial charge in [0.2, 0.25) is 0 Å². The molecule has 1 heterocycles. The van der Waals surface area contributed by atoms with Crippen molar-refractivity contribution in [1.82, 2.24) is 4.98 Å². The Bertz CT molecular complexity index is 425. The SMILES string of the molecule is COC(=O)C1CCC(OCc2cccc(C)n2)CC1. The number of carbonyl (C=O) groups excluding carboxylic acids is 1. The molecule has 1 aromatic heterocycles. The predicted molar refractivity (Wildman–Crippen MR) is 71.5 cm³/mol. The molecule has 0 aliphatic heterocycles. The Morgan fingerprint density at radius 1 is 1.32 bits per heavy atom. The van der Waals surface area contributed by atoms with E-state index in [-0.39, 0.29) is 18.0 Å². The van der Waals surface area contributed by atoms with Crippen LogP contribution in [-0.2, 0) is 20.9 Å². The van der Waals surface area contributed by atoms with Gasteiger partial charge >= 0.3 is 5.97 Å². The minimum atomic E-state index is -0.0844. The molecule has 0 aromatic carbocycles. The molecule has 0 atom stereocenters. The molecule has 19 heavy (non-hydrogen) atoms. The lowest BCUT2D eigenvalue weighted by atomic mass is 9.87. The zero-order valence-electron chi connectivity index (χ0n) is 11.6. The Hall–Kier alpha value is -1.42. The van der Waals surface area contributed by atoms with Gasteiger partial charge in [-0.05, 0) is 44.7 Å². The third kappa shape index (κ3) is 4.03. The number of hydrogen-bond acceptors (Lipinski definition) is 4. The fourth-order valence-corrected chi connectivity index (χ4v) is 2.51. The van der Waals surface area contributed by atoms with Crippen LogP contribution in [0, 0.1) is 12.8 Å². The second kappa shape index (κ2) is 6.66. The van der Waals surface area contributed by atoms with Crippen molar-refractivity contribution in [3.05, 3.63) is 29.6 Å². The summed E-state index contributed by atoms with van der Waals surface area (Å²) in [5, 5.41) is 0. The largest absolute Gasteiger partial charge is 0.469 e. The van der Waals surface area contributed by atoms with Gasteiger partial charge in [0.15, 0.2) is 0 Å². The number of hydrogen-bond donors (Lipinski definition) is 0. The molecule has 0 bridgehead atoms. The molecule has 104 valence electrons. The summed E-state index contributed by atoms with van der Waals surface area (Å²) in [5.74, 6) is -0.0271. The summed E-state index contributed by atoms with van der Waals surface area (Å²) in [6, 6.07) is 5.95. The van der Waals surface area contributed by atoms with Gasteiger partial charge in [0.1, 0.15) is 0 Å². The number of ether oxygens (including phenoxy) is 2. The van der Waals surface area contributed by atoms with Crippen LogP contribution in [-0.4, -0.2) is 24.2 Å². The van der Waals surface area contributed by atoms with Gasteiger partial charge in [-0.2, -0.15) is 0 Å². The maximum atomic E-state index is 11.4. The Morgan fingerprint density at radius 3 is 2.68 bits per heavy atom. The Kier molecular flexibility index (Phi) is 4.91. The van der Waals surface area contributed by atoms with E-state index in [0.29, 0.717) is 6.61 Å². The van der Waals surface area contributed by atoms with Crippen molar-refractivity contribution in [2.24, 2.45) is 5.92 Å². The van der Waals surface area contributed by atoms with Crippen molar-refractivity contribution in [2.45, 2.75) is 45.3 Å². The topological polar surface area (TPSA) is 48.4 Å². The predicted octanol–water partition coefficient (Wildman–Crippen LogP) is 2.64. The summed E-state index contributed by atoms with van der Waals surface area (Å²) in [6.45, 7) is 2.53. The van der Waals surface area contributed by atoms with Crippen LogP contribution < -0.4 is 0 Å². The standard InChI is InChI=1S/C15H21NO3/c1-11-4-3-5-13(16-11)10-19-14-8-6-12(7-9-14)15(17)18-2/h3-5,12,14H,6-10H2,1-2H3. The van der Waals surface area contributed by atoms with E-state index in [0.717, 1.165) is 37.1 Å². The summed E-state index contributed by atoms with van der Waals surface area (Å²) < 4.78 is 10.6. The highest BCUT2D eigenvalue weighted by Crippen LogP contribution is 2.27. The van der Waals surface area contributed by atoms with E-state index in [1.165, 1.54) is 7.11 Å². The van der Waals surface area contributed by atoms with E-state index >= 15 is 0 Å². The molecule has 1 fully saturated rings. The maximum Gasteiger partial charge on any atom is 0.308 e. The van der Waals surface area contributed by atoms with Gasteiger partial charge in [-0.1, -0.05) is 6.07 Å². The molecule has 0 saturated heterocycles. The second-order valence-corrected chi connectivity index (χ2v) is 5.08. The number of carbonyl (C=O) groups is 1. The highest BCUT2D eigenvalue weighted by atomic mass is 16.5. The summed E-state index contributed by atoms with van der Waals surface area (Å²) in [5.41, 5.74) is 1.98. The quantitative estimate of drug-likeness (QED) is 0.784. The molecule has 0 unspecified atom stereocenters. The lowest BCUT2D eigenvalue weighted by Crippen LogP contribution is -2.27. The molecule has 0 spiro atoms. The van der Waals surface area contributed by atoms with E-state index in [1.54, 1.807) is 0 Å². The average molecular weight is 263 g/mol. The van der Waals surface area contributed by atoms with Crippen LogP contribution in [0.5, 0.6) is 0 Å². The highest BCUT2D eigenvalue weighted by molar-refractivity contribution is 5.72. The molecule has 4 nitrogen and oxygen atoms in total. The minimum Gasteiger partial charge on any atom is -0.469 e. The van der Waals surface area contributed by atoms with Crippen molar-refractivity contribution in [3.63, 3.8) is 0 Å². The molecule has 4 heteroatoms. The lowest BCUT2D eigenvalue weighted by molar-refractivity contribution is -0.147. The number of aromatic nitrogens is 1. The van der Waals surface area contributed by atoms with Gasteiger partial charge in [-0.15, -0.1) is 0 Å². The van der Waals surface area contributed by atoms with Crippen molar-refractivity contribution in [3.8, 4) is 0 Å².